The van der Waals surface area contributed by atoms with E-state index in [4.69, 9.17) is 0 Å². The predicted octanol–water partition coefficient (Wildman–Crippen LogP) is 9.43. The van der Waals surface area contributed by atoms with Gasteiger partial charge in [0.1, 0.15) is 5.75 Å². The number of likely N-dealkylation sites (tertiary alicyclic amines) is 1. The summed E-state index contributed by atoms with van der Waals surface area (Å²) in [5.74, 6) is 3.41. The van der Waals surface area contributed by atoms with E-state index in [0.29, 0.717) is 35.3 Å². The Balaban J connectivity index is 0.826. The highest BCUT2D eigenvalue weighted by molar-refractivity contribution is 5.83. The molecule has 4 atom stereocenters. The van der Waals surface area contributed by atoms with Gasteiger partial charge in [-0.2, -0.15) is 0 Å². The number of piperazine rings is 2. The van der Waals surface area contributed by atoms with E-state index in [1.807, 2.05) is 12.1 Å². The van der Waals surface area contributed by atoms with Crippen LogP contribution in [0.25, 0.3) is 21.5 Å². The molecule has 5 aromatic carbocycles. The van der Waals surface area contributed by atoms with E-state index < -0.39 is 0 Å². The van der Waals surface area contributed by atoms with Crippen LogP contribution >= 0.6 is 0 Å². The van der Waals surface area contributed by atoms with E-state index >= 15 is 0 Å². The number of fused-ring (bicyclic) bond motifs is 2. The first-order valence-corrected chi connectivity index (χ1v) is 24.9. The van der Waals surface area contributed by atoms with Crippen molar-refractivity contribution in [2.45, 2.75) is 101 Å². The number of benzene rings is 5. The summed E-state index contributed by atoms with van der Waals surface area (Å²) in [5.41, 5.74) is 4.90. The second kappa shape index (κ2) is 18.0. The van der Waals surface area contributed by atoms with Crippen LogP contribution in [0.4, 0.5) is 0 Å². The Morgan fingerprint density at radius 2 is 1.26 bits per heavy atom. The molecular weight excluding hydrogens is 759 g/mol. The largest absolute Gasteiger partial charge is 0.508 e. The Morgan fingerprint density at radius 1 is 0.613 bits per heavy atom. The van der Waals surface area contributed by atoms with Gasteiger partial charge in [0.2, 0.25) is 0 Å². The van der Waals surface area contributed by atoms with Crippen molar-refractivity contribution in [2.75, 3.05) is 65.4 Å². The van der Waals surface area contributed by atoms with Crippen LogP contribution in [0.2, 0.25) is 0 Å². The van der Waals surface area contributed by atoms with Gasteiger partial charge in [-0.15, -0.1) is 0 Å². The average molecular weight is 830 g/mol. The maximum absolute atomic E-state index is 10.2. The van der Waals surface area contributed by atoms with Crippen LogP contribution in [0, 0.1) is 23.2 Å². The zero-order chi connectivity index (χ0) is 41.5. The molecule has 7 fully saturated rings. The number of phenols is 1. The number of phenolic OH excluding ortho intramolecular Hbond substituents is 1. The van der Waals surface area contributed by atoms with Crippen molar-refractivity contribution in [3.05, 3.63) is 126 Å². The SMILES string of the molecule is Oc1ccc(C[C@@H]2CN([C@H](Cc3ccc4ccccc4c3)CN3CCC[C@H]3CN3CCNC[C@@H]3Cc3ccc4ccccc4c3)CCN2CCC23CC4CC(CC(C4)C2)C3)cc1. The van der Waals surface area contributed by atoms with Crippen molar-refractivity contribution in [3.8, 4) is 5.75 Å². The third kappa shape index (κ3) is 9.10. The smallest absolute Gasteiger partial charge is 0.115 e. The highest BCUT2D eigenvalue weighted by Crippen LogP contribution is 2.61. The first-order chi connectivity index (χ1) is 30.5. The zero-order valence-corrected chi connectivity index (χ0v) is 37.2. The molecule has 2 N–H and O–H groups in total. The van der Waals surface area contributed by atoms with Crippen LogP contribution in [0.1, 0.15) is 74.5 Å². The van der Waals surface area contributed by atoms with Crippen LogP contribution in [-0.4, -0.2) is 114 Å². The topological polar surface area (TPSA) is 45.2 Å². The summed E-state index contributed by atoms with van der Waals surface area (Å²) in [6.45, 7) is 11.5. The molecule has 3 aliphatic heterocycles. The fourth-order valence-corrected chi connectivity index (χ4v) is 14.3. The summed E-state index contributed by atoms with van der Waals surface area (Å²) >= 11 is 0. The molecular formula is C56H71N5O. The van der Waals surface area contributed by atoms with Gasteiger partial charge in [-0.25, -0.2) is 0 Å². The molecule has 326 valence electrons. The van der Waals surface area contributed by atoms with Crippen molar-refractivity contribution >= 4 is 21.5 Å². The number of aromatic hydroxyl groups is 1. The van der Waals surface area contributed by atoms with Gasteiger partial charge in [0, 0.05) is 76.5 Å². The van der Waals surface area contributed by atoms with Gasteiger partial charge in [-0.05, 0) is 164 Å². The number of rotatable bonds is 14. The Kier molecular flexibility index (Phi) is 11.9. The monoisotopic (exact) mass is 830 g/mol. The molecule has 6 nitrogen and oxygen atoms in total. The van der Waals surface area contributed by atoms with E-state index in [2.05, 4.69) is 122 Å². The third-order valence-electron chi connectivity index (χ3n) is 17.1. The van der Waals surface area contributed by atoms with Crippen molar-refractivity contribution in [3.63, 3.8) is 0 Å². The standard InChI is InChI=1S/C56H71N5O/c62-55-17-13-41(14-18-55)31-53-39-61(25-24-58(53)22-19-56-34-44-26-45(35-56)28-46(27-44)36-56)54(33-43-12-16-48-7-2-4-9-50(48)30-43)40-59-21-5-10-51(59)38-60-23-20-57-37-52(60)32-42-11-15-47-6-1-3-8-49(47)29-42/h1-4,6-9,11-18,29-30,44-46,51-54,57,62H,5,10,19-28,31-40H2/t44?,45?,46?,51-,52-,53+,54+,56?/m0/s1. The van der Waals surface area contributed by atoms with E-state index in [1.54, 1.807) is 0 Å². The second-order valence-corrected chi connectivity index (χ2v) is 21.3. The average Bonchev–Trinajstić information content (AvgIpc) is 3.72. The van der Waals surface area contributed by atoms with Gasteiger partial charge in [-0.3, -0.25) is 19.6 Å². The lowest BCUT2D eigenvalue weighted by Crippen LogP contribution is -2.60. The van der Waals surface area contributed by atoms with Gasteiger partial charge in [0.15, 0.2) is 0 Å². The molecule has 0 amide bonds. The minimum absolute atomic E-state index is 0.370. The molecule has 4 saturated carbocycles. The fourth-order valence-electron chi connectivity index (χ4n) is 14.3. The number of hydrogen-bond acceptors (Lipinski definition) is 6. The van der Waals surface area contributed by atoms with Crippen LogP contribution in [0.3, 0.4) is 0 Å². The van der Waals surface area contributed by atoms with Crippen molar-refractivity contribution in [1.82, 2.24) is 24.9 Å². The molecule has 0 aromatic heterocycles. The van der Waals surface area contributed by atoms with E-state index in [-0.39, 0.29) is 0 Å². The third-order valence-corrected chi connectivity index (χ3v) is 17.1. The lowest BCUT2D eigenvalue weighted by Gasteiger charge is -2.57. The van der Waals surface area contributed by atoms with E-state index in [1.165, 1.54) is 116 Å². The first kappa shape index (κ1) is 41.0. The molecule has 0 unspecified atom stereocenters. The van der Waals surface area contributed by atoms with Crippen molar-refractivity contribution < 1.29 is 5.11 Å². The molecule has 4 aliphatic carbocycles. The van der Waals surface area contributed by atoms with Crippen LogP contribution in [-0.2, 0) is 19.3 Å². The van der Waals surface area contributed by atoms with E-state index in [9.17, 15) is 5.11 Å². The van der Waals surface area contributed by atoms with Gasteiger partial charge in [-0.1, -0.05) is 97.1 Å². The molecule has 4 bridgehead atoms. The minimum atomic E-state index is 0.370. The maximum atomic E-state index is 10.2. The van der Waals surface area contributed by atoms with Crippen LogP contribution in [0.15, 0.2) is 109 Å². The Hall–Kier alpha value is -3.78. The van der Waals surface area contributed by atoms with Gasteiger partial charge in [0.05, 0.1) is 0 Å². The maximum Gasteiger partial charge on any atom is 0.115 e. The van der Waals surface area contributed by atoms with Gasteiger partial charge >= 0.3 is 0 Å². The van der Waals surface area contributed by atoms with E-state index in [0.717, 1.165) is 82.8 Å². The highest BCUT2D eigenvalue weighted by Gasteiger charge is 2.51. The normalized spacial score (nSPS) is 30.1. The predicted molar refractivity (Wildman–Crippen MR) is 256 cm³/mol. The summed E-state index contributed by atoms with van der Waals surface area (Å²) in [7, 11) is 0. The minimum Gasteiger partial charge on any atom is -0.508 e. The summed E-state index contributed by atoms with van der Waals surface area (Å²) in [6, 6.07) is 42.3. The number of nitrogens with one attached hydrogen (secondary N) is 1. The summed E-state index contributed by atoms with van der Waals surface area (Å²) in [4.78, 5) is 11.6. The molecule has 3 heterocycles. The van der Waals surface area contributed by atoms with Gasteiger partial charge < -0.3 is 10.4 Å². The zero-order valence-electron chi connectivity index (χ0n) is 37.2. The molecule has 5 aromatic rings. The molecule has 0 spiro atoms. The summed E-state index contributed by atoms with van der Waals surface area (Å²) in [5, 5.41) is 19.4. The Bertz CT molecular complexity index is 2250. The van der Waals surface area contributed by atoms with Crippen molar-refractivity contribution in [1.29, 1.82) is 0 Å². The quantitative estimate of drug-likeness (QED) is 0.116. The lowest BCUT2D eigenvalue weighted by atomic mass is 9.49. The molecule has 12 rings (SSSR count). The molecule has 3 saturated heterocycles. The summed E-state index contributed by atoms with van der Waals surface area (Å²) < 4.78 is 0. The van der Waals surface area contributed by atoms with Crippen molar-refractivity contribution in [2.24, 2.45) is 23.2 Å². The molecule has 6 heteroatoms. The Labute approximate surface area is 371 Å². The second-order valence-electron chi connectivity index (χ2n) is 21.3. The molecule has 7 aliphatic rings. The fraction of sp³-hybridized carbons (Fsp3) is 0.536. The summed E-state index contributed by atoms with van der Waals surface area (Å²) in [6.07, 6.45) is 16.3. The highest BCUT2D eigenvalue weighted by atomic mass is 16.3. The number of nitrogens with zero attached hydrogens (tertiary/aromatic N) is 4. The molecule has 0 radical (unpaired) electrons. The van der Waals surface area contributed by atoms with Crippen LogP contribution in [0.5, 0.6) is 5.75 Å². The van der Waals surface area contributed by atoms with Gasteiger partial charge in [0.25, 0.3) is 0 Å². The first-order valence-electron chi connectivity index (χ1n) is 24.9. The lowest BCUT2D eigenvalue weighted by molar-refractivity contribution is -0.0659. The number of hydrogen-bond donors (Lipinski definition) is 2. The Morgan fingerprint density at radius 3 is 1.98 bits per heavy atom. The van der Waals surface area contributed by atoms with Crippen LogP contribution < -0.4 is 5.32 Å². The molecule has 62 heavy (non-hydrogen) atoms.